The van der Waals surface area contributed by atoms with Crippen LogP contribution in [0, 0.1) is 11.8 Å². The third-order valence-electron chi connectivity index (χ3n) is 3.99. The minimum Gasteiger partial charge on any atom is -0.510 e. The fraction of sp³-hybridized carbons (Fsp3) is 0.429. The Hall–Kier alpha value is -2.24. The molecule has 0 spiro atoms. The normalized spacial score (nSPS) is 26.3. The summed E-state index contributed by atoms with van der Waals surface area (Å²) in [6.45, 7) is 0. The molecule has 2 atom stereocenters. The van der Waals surface area contributed by atoms with Crippen molar-refractivity contribution < 1.29 is 14.7 Å². The van der Waals surface area contributed by atoms with Gasteiger partial charge in [0.15, 0.2) is 11.5 Å². The Morgan fingerprint density at radius 2 is 1.85 bits per heavy atom. The van der Waals surface area contributed by atoms with Gasteiger partial charge in [-0.05, 0) is 25.0 Å². The van der Waals surface area contributed by atoms with Gasteiger partial charge >= 0.3 is 6.03 Å². The summed E-state index contributed by atoms with van der Waals surface area (Å²) in [5.74, 6) is -0.494. The van der Waals surface area contributed by atoms with Crippen molar-refractivity contribution in [2.45, 2.75) is 25.7 Å². The molecular weight excluding hydrogens is 258 g/mol. The van der Waals surface area contributed by atoms with Gasteiger partial charge in [0, 0.05) is 24.2 Å². The minimum absolute atomic E-state index is 0.00348. The number of fused-ring (bicyclic) bond motifs is 1. The molecule has 0 saturated heterocycles. The Kier molecular flexibility index (Phi) is 3.22. The van der Waals surface area contributed by atoms with Crippen LogP contribution in [0.1, 0.15) is 25.7 Å². The summed E-state index contributed by atoms with van der Waals surface area (Å²) in [7, 11) is 0. The maximum absolute atomic E-state index is 12.2. The van der Waals surface area contributed by atoms with E-state index < -0.39 is 6.03 Å². The van der Waals surface area contributed by atoms with Gasteiger partial charge in [0.2, 0.25) is 0 Å². The van der Waals surface area contributed by atoms with Crippen LogP contribution in [0.2, 0.25) is 0 Å². The zero-order valence-electron chi connectivity index (χ0n) is 10.9. The molecule has 20 heavy (non-hydrogen) atoms. The van der Waals surface area contributed by atoms with Crippen molar-refractivity contribution in [2.75, 3.05) is 0 Å². The highest BCUT2D eigenvalue weighted by Crippen LogP contribution is 2.42. The summed E-state index contributed by atoms with van der Waals surface area (Å²) in [6.07, 6.45) is 6.67. The molecular formula is C14H15N3O3. The van der Waals surface area contributed by atoms with Crippen LogP contribution in [0.3, 0.4) is 0 Å². The summed E-state index contributed by atoms with van der Waals surface area (Å²) in [4.78, 5) is 23.8. The van der Waals surface area contributed by atoms with Crippen LogP contribution in [0.25, 0.3) is 0 Å². The van der Waals surface area contributed by atoms with Gasteiger partial charge in [-0.1, -0.05) is 18.0 Å². The van der Waals surface area contributed by atoms with Crippen molar-refractivity contribution >= 4 is 11.8 Å². The van der Waals surface area contributed by atoms with E-state index in [0.717, 1.165) is 25.7 Å². The Labute approximate surface area is 115 Å². The van der Waals surface area contributed by atoms with E-state index >= 15 is 0 Å². The summed E-state index contributed by atoms with van der Waals surface area (Å²) < 4.78 is 1.26. The molecule has 0 radical (unpaired) electrons. The van der Waals surface area contributed by atoms with E-state index in [-0.39, 0.29) is 29.1 Å². The molecule has 2 aliphatic carbocycles. The van der Waals surface area contributed by atoms with Gasteiger partial charge in [0.1, 0.15) is 5.76 Å². The number of aliphatic hydroxyl groups excluding tert-OH is 1. The van der Waals surface area contributed by atoms with Gasteiger partial charge in [-0.15, -0.1) is 5.11 Å². The van der Waals surface area contributed by atoms with Crippen molar-refractivity contribution in [3.05, 3.63) is 36.0 Å². The predicted octanol–water partition coefficient (Wildman–Crippen LogP) is 3.07. The van der Waals surface area contributed by atoms with E-state index in [4.69, 9.17) is 0 Å². The molecule has 0 aromatic carbocycles. The van der Waals surface area contributed by atoms with Gasteiger partial charge in [-0.25, -0.2) is 4.79 Å². The van der Waals surface area contributed by atoms with Crippen LogP contribution < -0.4 is 0 Å². The standard InChI is InChI=1S/C14H15N3O3/c18-12-9-5-1-2-6-10(9)13(19)11(12)15-16-14(20)17-7-3-4-8-17/h3-4,7-10,18H,1-2,5-6H2. The SMILES string of the molecule is O=C1C(N=NC(=O)n2cccc2)=C(O)C2CCCCC12. The lowest BCUT2D eigenvalue weighted by Crippen LogP contribution is -2.21. The number of carbonyl (C=O) groups excluding carboxylic acids is 2. The lowest BCUT2D eigenvalue weighted by molar-refractivity contribution is -0.120. The summed E-state index contributed by atoms with van der Waals surface area (Å²) >= 11 is 0. The van der Waals surface area contributed by atoms with Crippen LogP contribution in [0.4, 0.5) is 4.79 Å². The highest BCUT2D eigenvalue weighted by molar-refractivity contribution is 6.00. The molecule has 0 aliphatic heterocycles. The van der Waals surface area contributed by atoms with Crippen molar-refractivity contribution in [1.29, 1.82) is 0 Å². The predicted molar refractivity (Wildman–Crippen MR) is 70.2 cm³/mol. The zero-order chi connectivity index (χ0) is 14.1. The summed E-state index contributed by atoms with van der Waals surface area (Å²) in [6, 6.07) is 2.80. The van der Waals surface area contributed by atoms with E-state index in [1.165, 1.54) is 4.57 Å². The number of aliphatic hydroxyl groups is 1. The molecule has 3 rings (SSSR count). The van der Waals surface area contributed by atoms with Crippen molar-refractivity contribution in [2.24, 2.45) is 22.1 Å². The fourth-order valence-electron chi connectivity index (χ4n) is 2.96. The zero-order valence-corrected chi connectivity index (χ0v) is 10.9. The van der Waals surface area contributed by atoms with Crippen molar-refractivity contribution in [3.63, 3.8) is 0 Å². The van der Waals surface area contributed by atoms with Crippen LogP contribution >= 0.6 is 0 Å². The number of rotatable bonds is 1. The first-order valence-electron chi connectivity index (χ1n) is 6.75. The quantitative estimate of drug-likeness (QED) is 0.798. The first-order chi connectivity index (χ1) is 9.68. The molecule has 1 aromatic rings. The molecule has 104 valence electrons. The van der Waals surface area contributed by atoms with Crippen molar-refractivity contribution in [1.82, 2.24) is 4.57 Å². The summed E-state index contributed by atoms with van der Waals surface area (Å²) in [5, 5.41) is 17.3. The smallest absolute Gasteiger partial charge is 0.370 e. The van der Waals surface area contributed by atoms with Crippen LogP contribution in [-0.4, -0.2) is 21.5 Å². The maximum Gasteiger partial charge on any atom is 0.370 e. The number of nitrogens with zero attached hydrogens (tertiary/aromatic N) is 3. The van der Waals surface area contributed by atoms with Crippen LogP contribution in [0.15, 0.2) is 46.2 Å². The van der Waals surface area contributed by atoms with Gasteiger partial charge in [-0.2, -0.15) is 0 Å². The monoisotopic (exact) mass is 273 g/mol. The van der Waals surface area contributed by atoms with Crippen molar-refractivity contribution in [3.8, 4) is 0 Å². The summed E-state index contributed by atoms with van der Waals surface area (Å²) in [5.41, 5.74) is -0.0394. The molecule has 1 heterocycles. The average molecular weight is 273 g/mol. The lowest BCUT2D eigenvalue weighted by Gasteiger charge is -2.23. The average Bonchev–Trinajstić information content (AvgIpc) is 3.07. The number of ketones is 1. The molecule has 1 saturated carbocycles. The number of hydrogen-bond donors (Lipinski definition) is 1. The highest BCUT2D eigenvalue weighted by Gasteiger charge is 2.43. The third-order valence-corrected chi connectivity index (χ3v) is 3.99. The minimum atomic E-state index is -0.585. The molecule has 1 aromatic heterocycles. The maximum atomic E-state index is 12.2. The van der Waals surface area contributed by atoms with Gasteiger partial charge in [-0.3, -0.25) is 9.36 Å². The molecule has 6 heteroatoms. The molecule has 0 bridgehead atoms. The number of Topliss-reactive ketones (excluding diaryl/α,β-unsaturated/α-hetero) is 1. The third kappa shape index (κ3) is 2.07. The van der Waals surface area contributed by atoms with E-state index in [9.17, 15) is 14.7 Å². The molecule has 1 N–H and O–H groups in total. The first-order valence-corrected chi connectivity index (χ1v) is 6.75. The van der Waals surface area contributed by atoms with Gasteiger partial charge in [0.05, 0.1) is 0 Å². The highest BCUT2D eigenvalue weighted by atomic mass is 16.3. The van der Waals surface area contributed by atoms with Gasteiger partial charge in [0.25, 0.3) is 0 Å². The lowest BCUT2D eigenvalue weighted by atomic mass is 9.80. The molecule has 6 nitrogen and oxygen atoms in total. The number of allylic oxidation sites excluding steroid dienone is 2. The number of amides is 1. The number of aromatic nitrogens is 1. The van der Waals surface area contributed by atoms with E-state index in [1.807, 2.05) is 0 Å². The first kappa shape index (κ1) is 12.8. The second-order valence-electron chi connectivity index (χ2n) is 5.17. The Morgan fingerprint density at radius 1 is 1.20 bits per heavy atom. The topological polar surface area (TPSA) is 84.0 Å². The number of hydrogen-bond acceptors (Lipinski definition) is 4. The van der Waals surface area contributed by atoms with Crippen LogP contribution in [0.5, 0.6) is 0 Å². The number of azo groups is 1. The molecule has 2 unspecified atom stereocenters. The number of carbonyl (C=O) groups is 2. The Balaban J connectivity index is 1.81. The van der Waals surface area contributed by atoms with Crippen LogP contribution in [-0.2, 0) is 4.79 Å². The van der Waals surface area contributed by atoms with Gasteiger partial charge < -0.3 is 5.11 Å². The fourth-order valence-corrected chi connectivity index (χ4v) is 2.96. The second kappa shape index (κ2) is 5.03. The molecule has 1 fully saturated rings. The molecule has 2 aliphatic rings. The van der Waals surface area contributed by atoms with E-state index in [0.29, 0.717) is 0 Å². The second-order valence-corrected chi connectivity index (χ2v) is 5.17. The Morgan fingerprint density at radius 3 is 2.50 bits per heavy atom. The largest absolute Gasteiger partial charge is 0.510 e. The van der Waals surface area contributed by atoms with E-state index in [1.54, 1.807) is 24.5 Å². The molecule has 1 amide bonds. The Bertz CT molecular complexity index is 601. The van der Waals surface area contributed by atoms with E-state index in [2.05, 4.69) is 10.2 Å².